The number of hydrogen-bond donors (Lipinski definition) is 3. The highest BCUT2D eigenvalue weighted by molar-refractivity contribution is 7.92. The Balaban J connectivity index is 1.24. The number of nitrogens with one attached hydrogen (secondary N) is 3. The van der Waals surface area contributed by atoms with Crippen molar-refractivity contribution >= 4 is 49.9 Å². The number of hydrogen-bond acceptors (Lipinski definition) is 5. The minimum atomic E-state index is -3.83. The van der Waals surface area contributed by atoms with Gasteiger partial charge in [0.05, 0.1) is 10.5 Å². The van der Waals surface area contributed by atoms with E-state index in [0.717, 1.165) is 42.0 Å². The number of aromatic amines is 1. The van der Waals surface area contributed by atoms with E-state index in [0.29, 0.717) is 29.1 Å². The Hall–Kier alpha value is -4.08. The quantitative estimate of drug-likeness (QED) is 0.281. The van der Waals surface area contributed by atoms with Gasteiger partial charge in [-0.2, -0.15) is 0 Å². The van der Waals surface area contributed by atoms with Crippen molar-refractivity contribution in [2.45, 2.75) is 17.7 Å². The molecular formula is C29H28N4O4S. The Labute approximate surface area is 221 Å². The first-order valence-electron chi connectivity index (χ1n) is 12.7. The van der Waals surface area contributed by atoms with Gasteiger partial charge < -0.3 is 15.0 Å². The molecule has 194 valence electrons. The maximum absolute atomic E-state index is 13.0. The molecule has 3 heterocycles. The van der Waals surface area contributed by atoms with Crippen LogP contribution in [0.3, 0.4) is 0 Å². The summed E-state index contributed by atoms with van der Waals surface area (Å²) in [5.41, 5.74) is 3.63. The normalized spacial score (nSPS) is 16.6. The molecule has 8 nitrogen and oxygen atoms in total. The molecule has 4 aromatic rings. The maximum atomic E-state index is 13.0. The molecule has 1 amide bonds. The highest BCUT2D eigenvalue weighted by Gasteiger charge is 2.27. The third kappa shape index (κ3) is 5.03. The number of likely N-dealkylation sites (tertiary alicyclic amines) is 1. The van der Waals surface area contributed by atoms with E-state index in [1.54, 1.807) is 36.4 Å². The first kappa shape index (κ1) is 24.3. The minimum Gasteiger partial charge on any atom is -0.492 e. The molecule has 0 unspecified atom stereocenters. The van der Waals surface area contributed by atoms with E-state index in [-0.39, 0.29) is 10.8 Å². The molecule has 2 aliphatic rings. The zero-order chi connectivity index (χ0) is 26.1. The highest BCUT2D eigenvalue weighted by atomic mass is 32.2. The molecule has 3 N–H and O–H groups in total. The minimum absolute atomic E-state index is 0.0786. The van der Waals surface area contributed by atoms with Gasteiger partial charge in [0.25, 0.3) is 15.9 Å². The van der Waals surface area contributed by atoms with Crippen molar-refractivity contribution in [3.63, 3.8) is 0 Å². The van der Waals surface area contributed by atoms with Crippen molar-refractivity contribution in [1.82, 2.24) is 9.88 Å². The van der Waals surface area contributed by atoms with Gasteiger partial charge in [-0.15, -0.1) is 0 Å². The van der Waals surface area contributed by atoms with Crippen molar-refractivity contribution in [1.29, 1.82) is 0 Å². The molecule has 1 aromatic heterocycles. The van der Waals surface area contributed by atoms with Gasteiger partial charge in [0.1, 0.15) is 12.4 Å². The fraction of sp³-hybridized carbons (Fsp3) is 0.207. The molecule has 3 aromatic carbocycles. The number of para-hydroxylation sites is 1. The Morgan fingerprint density at radius 2 is 1.79 bits per heavy atom. The van der Waals surface area contributed by atoms with E-state index in [1.807, 2.05) is 30.3 Å². The summed E-state index contributed by atoms with van der Waals surface area (Å²) in [5, 5.41) is 3.79. The number of ether oxygens (including phenoxy) is 1. The number of carbonyl (C=O) groups is 1. The second-order valence-electron chi connectivity index (χ2n) is 9.56. The number of carbonyl (C=O) groups excluding carboxylic acids is 1. The maximum Gasteiger partial charge on any atom is 0.261 e. The number of amides is 1. The van der Waals surface area contributed by atoms with E-state index in [2.05, 4.69) is 19.9 Å². The Bertz CT molecular complexity index is 1640. The SMILES string of the molecule is O=C1Nc2ccc(S(=O)(=O)Nc3ccccc3)cc2/C1=C\c1cc2cc(OCCN3CCCC3)ccc2[nH]1. The fourth-order valence-electron chi connectivity index (χ4n) is 4.95. The summed E-state index contributed by atoms with van der Waals surface area (Å²) in [6, 6.07) is 21.2. The van der Waals surface area contributed by atoms with E-state index < -0.39 is 10.0 Å². The number of H-pyrrole nitrogens is 1. The van der Waals surface area contributed by atoms with Gasteiger partial charge in [0.15, 0.2) is 0 Å². The summed E-state index contributed by atoms with van der Waals surface area (Å²) in [6.45, 7) is 3.86. The summed E-state index contributed by atoms with van der Waals surface area (Å²) >= 11 is 0. The molecular weight excluding hydrogens is 500 g/mol. The van der Waals surface area contributed by atoms with Crippen LogP contribution in [0.1, 0.15) is 24.1 Å². The van der Waals surface area contributed by atoms with Crippen molar-refractivity contribution < 1.29 is 17.9 Å². The lowest BCUT2D eigenvalue weighted by Crippen LogP contribution is -2.25. The molecule has 0 aliphatic carbocycles. The van der Waals surface area contributed by atoms with Crippen LogP contribution in [-0.4, -0.2) is 50.5 Å². The summed E-state index contributed by atoms with van der Waals surface area (Å²) < 4.78 is 34.5. The van der Waals surface area contributed by atoms with Gasteiger partial charge in [-0.05, 0) is 86.6 Å². The molecule has 0 atom stereocenters. The molecule has 0 radical (unpaired) electrons. The summed E-state index contributed by atoms with van der Waals surface area (Å²) in [6.07, 6.45) is 4.27. The zero-order valence-electron chi connectivity index (χ0n) is 20.7. The molecule has 6 rings (SSSR count). The summed E-state index contributed by atoms with van der Waals surface area (Å²) in [5.74, 6) is 0.523. The number of sulfonamides is 1. The first-order chi connectivity index (χ1) is 18.4. The molecule has 38 heavy (non-hydrogen) atoms. The van der Waals surface area contributed by atoms with Gasteiger partial charge in [0.2, 0.25) is 0 Å². The smallest absolute Gasteiger partial charge is 0.261 e. The van der Waals surface area contributed by atoms with E-state index in [9.17, 15) is 13.2 Å². The molecule has 9 heteroatoms. The van der Waals surface area contributed by atoms with Crippen molar-refractivity contribution in [2.75, 3.05) is 36.3 Å². The molecule has 0 spiro atoms. The van der Waals surface area contributed by atoms with Gasteiger partial charge in [0, 0.05) is 40.1 Å². The van der Waals surface area contributed by atoms with Crippen LogP contribution in [0.4, 0.5) is 11.4 Å². The van der Waals surface area contributed by atoms with E-state index in [1.165, 1.54) is 25.0 Å². The molecule has 0 saturated carbocycles. The fourth-order valence-corrected chi connectivity index (χ4v) is 6.04. The summed E-state index contributed by atoms with van der Waals surface area (Å²) in [7, 11) is -3.83. The van der Waals surface area contributed by atoms with Gasteiger partial charge >= 0.3 is 0 Å². The van der Waals surface area contributed by atoms with Gasteiger partial charge in [-0.3, -0.25) is 14.4 Å². The topological polar surface area (TPSA) is 104 Å². The number of benzene rings is 3. The second kappa shape index (κ2) is 10.00. The molecule has 1 saturated heterocycles. The van der Waals surface area contributed by atoms with Crippen LogP contribution < -0.4 is 14.8 Å². The number of aromatic nitrogens is 1. The van der Waals surface area contributed by atoms with Crippen molar-refractivity contribution in [3.05, 3.63) is 84.1 Å². The zero-order valence-corrected chi connectivity index (χ0v) is 21.6. The van der Waals surface area contributed by atoms with Crippen LogP contribution in [0.5, 0.6) is 5.75 Å². The van der Waals surface area contributed by atoms with E-state index >= 15 is 0 Å². The molecule has 1 fully saturated rings. The average molecular weight is 529 g/mol. The van der Waals surface area contributed by atoms with Crippen LogP contribution in [0, 0.1) is 0 Å². The Morgan fingerprint density at radius 3 is 2.61 bits per heavy atom. The predicted molar refractivity (Wildman–Crippen MR) is 150 cm³/mol. The number of fused-ring (bicyclic) bond motifs is 2. The third-order valence-electron chi connectivity index (χ3n) is 6.90. The van der Waals surface area contributed by atoms with Crippen LogP contribution in [0.25, 0.3) is 22.6 Å². The van der Waals surface area contributed by atoms with Crippen LogP contribution >= 0.6 is 0 Å². The van der Waals surface area contributed by atoms with Crippen molar-refractivity contribution in [3.8, 4) is 5.75 Å². The summed E-state index contributed by atoms with van der Waals surface area (Å²) in [4.78, 5) is 18.6. The standard InChI is InChI=1S/C29H28N4O4S/c34-29-26(25-19-24(9-11-28(25)31-29)38(35,36)32-21-6-2-1-3-7-21)18-22-16-20-17-23(8-10-27(20)30-22)37-15-14-33-12-4-5-13-33/h1-3,6-11,16-19,30,32H,4-5,12-15H2,(H,31,34)/b26-18+. The lowest BCUT2D eigenvalue weighted by atomic mass is 10.1. The monoisotopic (exact) mass is 528 g/mol. The Kier molecular flexibility index (Phi) is 6.39. The van der Waals surface area contributed by atoms with Crippen LogP contribution in [-0.2, 0) is 14.8 Å². The average Bonchev–Trinajstić information content (AvgIpc) is 3.63. The third-order valence-corrected chi connectivity index (χ3v) is 8.28. The first-order valence-corrected chi connectivity index (χ1v) is 14.2. The van der Waals surface area contributed by atoms with E-state index in [4.69, 9.17) is 4.74 Å². The lowest BCUT2D eigenvalue weighted by molar-refractivity contribution is -0.110. The lowest BCUT2D eigenvalue weighted by Gasteiger charge is -2.14. The van der Waals surface area contributed by atoms with Crippen LogP contribution in [0.2, 0.25) is 0 Å². The number of rotatable bonds is 8. The van der Waals surface area contributed by atoms with Gasteiger partial charge in [-0.1, -0.05) is 18.2 Å². The molecule has 0 bridgehead atoms. The predicted octanol–water partition coefficient (Wildman–Crippen LogP) is 4.94. The molecule has 2 aliphatic heterocycles. The Morgan fingerprint density at radius 1 is 0.974 bits per heavy atom. The van der Waals surface area contributed by atoms with Crippen molar-refractivity contribution in [2.24, 2.45) is 0 Å². The van der Waals surface area contributed by atoms with Crippen LogP contribution in [0.15, 0.2) is 77.7 Å². The second-order valence-corrected chi connectivity index (χ2v) is 11.2. The van der Waals surface area contributed by atoms with Gasteiger partial charge in [-0.25, -0.2) is 8.42 Å². The number of nitrogens with zero attached hydrogens (tertiary/aromatic N) is 1. The largest absolute Gasteiger partial charge is 0.492 e. The highest BCUT2D eigenvalue weighted by Crippen LogP contribution is 2.35. The number of anilines is 2.